The van der Waals surface area contributed by atoms with Crippen molar-refractivity contribution in [1.29, 1.82) is 0 Å². The molecule has 0 spiro atoms. The number of para-hydroxylation sites is 3. The van der Waals surface area contributed by atoms with Crippen molar-refractivity contribution in [2.75, 3.05) is 16.5 Å². The van der Waals surface area contributed by atoms with Crippen molar-refractivity contribution in [1.82, 2.24) is 9.55 Å². The fourth-order valence-electron chi connectivity index (χ4n) is 9.45. The van der Waals surface area contributed by atoms with Crippen LogP contribution in [-0.2, 0) is 43.2 Å². The fourth-order valence-corrected chi connectivity index (χ4v) is 9.45. The predicted octanol–water partition coefficient (Wildman–Crippen LogP) is 16.4. The molecule has 358 valence electrons. The Kier molecular flexibility index (Phi) is 11.6. The Bertz CT molecular complexity index is 3850. The summed E-state index contributed by atoms with van der Waals surface area (Å²) in [4.78, 5) is 26.9. The maximum atomic E-state index is 14.5. The molecular weight excluding hydrogens is 1070 g/mol. The molecule has 0 atom stereocenters. The smallest absolute Gasteiger partial charge is 0.509 e. The Balaban J connectivity index is 0.00000657. The van der Waals surface area contributed by atoms with E-state index >= 15 is 0 Å². The molecule has 7 nitrogen and oxygen atoms in total. The van der Waals surface area contributed by atoms with Gasteiger partial charge in [-0.1, -0.05) is 174 Å². The Morgan fingerprint density at radius 1 is 0.611 bits per heavy atom. The maximum Gasteiger partial charge on any atom is 2.00 e. The second kappa shape index (κ2) is 19.5. The zero-order chi connectivity index (χ0) is 52.3. The van der Waals surface area contributed by atoms with Gasteiger partial charge in [-0.3, -0.25) is 4.90 Å². The van der Waals surface area contributed by atoms with Crippen molar-refractivity contribution in [2.24, 2.45) is 0 Å². The van der Waals surface area contributed by atoms with Crippen molar-refractivity contribution >= 4 is 45.0 Å². The molecule has 10 aromatic rings. The number of carbonyl (C=O) groups is 1. The Morgan fingerprint density at radius 3 is 2.01 bits per heavy atom. The third kappa shape index (κ3) is 9.33. The van der Waals surface area contributed by atoms with Gasteiger partial charge in [0.15, 0.2) is 0 Å². The summed E-state index contributed by atoms with van der Waals surface area (Å²) in [5.74, 6) is 1.08. The first kappa shape index (κ1) is 43.1. The molecule has 1 amide bonds. The SMILES string of the molecule is [2H]c1c([2H])c([2H])c2c(c1[2H])c1ccc(Oc3[c-]c(N4C(=O)ON(CCc5c(-c6ccccc6)cccc5-c5cc(-c6ccccc6)cc(C(C)(C)C)c5)c5ccccc54)ccc3)[c-]c1n2-c1cc(C(C)(C)C)ccn1.[Pt+2]. The zero-order valence-electron chi connectivity index (χ0n) is 44.9. The van der Waals surface area contributed by atoms with Crippen LogP contribution in [0.4, 0.5) is 21.9 Å². The number of carbonyl (C=O) groups excluding carboxylic acids is 1. The molecule has 2 aromatic heterocycles. The third-order valence-corrected chi connectivity index (χ3v) is 13.1. The maximum absolute atomic E-state index is 14.5. The van der Waals surface area contributed by atoms with E-state index in [-0.39, 0.29) is 61.6 Å². The van der Waals surface area contributed by atoms with Crippen LogP contribution in [0, 0.1) is 12.1 Å². The van der Waals surface area contributed by atoms with Gasteiger partial charge in [-0.25, -0.2) is 14.8 Å². The number of pyridine rings is 1. The minimum atomic E-state index is -0.605. The number of ether oxygens (including phenoxy) is 1. The van der Waals surface area contributed by atoms with Crippen molar-refractivity contribution in [3.63, 3.8) is 0 Å². The number of anilines is 3. The zero-order valence-corrected chi connectivity index (χ0v) is 43.2. The van der Waals surface area contributed by atoms with E-state index in [0.29, 0.717) is 63.6 Å². The van der Waals surface area contributed by atoms with Crippen LogP contribution >= 0.6 is 0 Å². The van der Waals surface area contributed by atoms with Crippen molar-refractivity contribution in [3.8, 4) is 50.7 Å². The van der Waals surface area contributed by atoms with Gasteiger partial charge in [0.05, 0.1) is 23.4 Å². The summed E-state index contributed by atoms with van der Waals surface area (Å²) in [5.41, 5.74) is 12.3. The van der Waals surface area contributed by atoms with Crippen LogP contribution in [0.1, 0.15) is 63.7 Å². The molecule has 72 heavy (non-hydrogen) atoms. The van der Waals surface area contributed by atoms with E-state index in [1.165, 1.54) is 10.5 Å². The molecule has 8 aromatic carbocycles. The van der Waals surface area contributed by atoms with Gasteiger partial charge >= 0.3 is 27.2 Å². The largest absolute Gasteiger partial charge is 2.00 e. The third-order valence-electron chi connectivity index (χ3n) is 13.1. The molecule has 0 fully saturated rings. The summed E-state index contributed by atoms with van der Waals surface area (Å²) in [5, 5.41) is 2.61. The first-order chi connectivity index (χ1) is 36.0. The van der Waals surface area contributed by atoms with E-state index in [2.05, 4.69) is 139 Å². The molecule has 0 aliphatic carbocycles. The summed E-state index contributed by atoms with van der Waals surface area (Å²) in [7, 11) is 0. The second-order valence-electron chi connectivity index (χ2n) is 19.9. The van der Waals surface area contributed by atoms with Crippen LogP contribution in [0.5, 0.6) is 11.5 Å². The monoisotopic (exact) mass is 1130 g/mol. The number of hydroxylamine groups is 1. The molecule has 0 unspecified atom stereocenters. The van der Waals surface area contributed by atoms with Crippen LogP contribution in [0.3, 0.4) is 0 Å². The van der Waals surface area contributed by atoms with E-state index in [0.717, 1.165) is 44.5 Å². The van der Waals surface area contributed by atoms with E-state index in [1.807, 2.05) is 48.5 Å². The average Bonchev–Trinajstić information content (AvgIpc) is 3.76. The van der Waals surface area contributed by atoms with Crippen LogP contribution in [0.15, 0.2) is 194 Å². The Hall–Kier alpha value is -7.73. The number of benzene rings is 8. The summed E-state index contributed by atoms with van der Waals surface area (Å²) < 4.78 is 43.3. The van der Waals surface area contributed by atoms with E-state index in [9.17, 15) is 4.79 Å². The normalized spacial score (nSPS) is 13.4. The van der Waals surface area contributed by atoms with E-state index in [4.69, 9.17) is 20.0 Å². The van der Waals surface area contributed by atoms with E-state index in [1.54, 1.807) is 46.2 Å². The fraction of sp³-hybridized carbons (Fsp3) is 0.156. The van der Waals surface area contributed by atoms with Crippen LogP contribution in [-0.4, -0.2) is 22.2 Å². The minimum absolute atomic E-state index is 0. The molecular formula is C64H54N4O3Pt. The molecule has 11 rings (SSSR count). The molecule has 0 bridgehead atoms. The number of fused-ring (bicyclic) bond motifs is 4. The van der Waals surface area contributed by atoms with Gasteiger partial charge < -0.3 is 14.1 Å². The summed E-state index contributed by atoms with van der Waals surface area (Å²) in [6.45, 7) is 13.4. The van der Waals surface area contributed by atoms with Gasteiger partial charge in [-0.05, 0) is 109 Å². The van der Waals surface area contributed by atoms with Crippen molar-refractivity contribution < 1.29 is 40.9 Å². The van der Waals surface area contributed by atoms with Gasteiger partial charge in [0.1, 0.15) is 5.82 Å². The summed E-state index contributed by atoms with van der Waals surface area (Å²) >= 11 is 0. The van der Waals surface area contributed by atoms with Gasteiger partial charge in [0, 0.05) is 23.2 Å². The summed E-state index contributed by atoms with van der Waals surface area (Å²) in [6.07, 6.45) is 1.65. The van der Waals surface area contributed by atoms with Gasteiger partial charge in [0.25, 0.3) is 0 Å². The standard InChI is InChI=1S/C64H54N4O3.Pt/c1-63(2,3)47-33-35-65-61(40-47)68-57-28-14-13-25-55(57)56-32-31-51(42-60(56)68)70-50-24-17-23-49(41-50)67-59-30-16-15-29-58(59)66(71-62(67)69)36-34-54-52(44-21-11-8-12-22-44)26-18-27-53(54)46-37-45(43-19-9-7-10-20-43)38-48(39-46)64(4,5)6;/h7-33,35,37-40H,34,36H2,1-6H3;/q-2;+2/i13D,14D,25D,28D;. The first-order valence-corrected chi connectivity index (χ1v) is 23.9. The molecule has 1 aliphatic heterocycles. The topological polar surface area (TPSA) is 59.8 Å². The molecule has 0 radical (unpaired) electrons. The molecule has 1 aliphatic rings. The predicted molar refractivity (Wildman–Crippen MR) is 289 cm³/mol. The van der Waals surface area contributed by atoms with E-state index < -0.39 is 6.09 Å². The average molecular weight is 1130 g/mol. The molecule has 0 N–H and O–H groups in total. The number of hydrogen-bond donors (Lipinski definition) is 0. The number of nitrogens with zero attached hydrogens (tertiary/aromatic N) is 4. The van der Waals surface area contributed by atoms with Gasteiger partial charge in [-0.15, -0.1) is 35.7 Å². The first-order valence-electron chi connectivity index (χ1n) is 25.9. The number of hydrogen-bond acceptors (Lipinski definition) is 5. The quantitative estimate of drug-likeness (QED) is 0.128. The number of rotatable bonds is 10. The minimum Gasteiger partial charge on any atom is -0.509 e. The van der Waals surface area contributed by atoms with Crippen molar-refractivity contribution in [3.05, 3.63) is 223 Å². The van der Waals surface area contributed by atoms with Gasteiger partial charge in [-0.2, -0.15) is 12.1 Å². The van der Waals surface area contributed by atoms with Crippen LogP contribution in [0.2, 0.25) is 0 Å². The molecule has 8 heteroatoms. The van der Waals surface area contributed by atoms with Crippen LogP contribution < -0.4 is 14.7 Å². The Labute approximate surface area is 442 Å². The molecule has 0 saturated heterocycles. The summed E-state index contributed by atoms with van der Waals surface area (Å²) in [6, 6.07) is 60.3. The number of amides is 1. The van der Waals surface area contributed by atoms with Gasteiger partial charge in [0.2, 0.25) is 0 Å². The number of aromatic nitrogens is 2. The molecule has 0 saturated carbocycles. The van der Waals surface area contributed by atoms with Crippen LogP contribution in [0.25, 0.3) is 61.0 Å². The second-order valence-corrected chi connectivity index (χ2v) is 19.9. The van der Waals surface area contributed by atoms with Crippen molar-refractivity contribution in [2.45, 2.75) is 58.8 Å². The Morgan fingerprint density at radius 2 is 1.26 bits per heavy atom. The molecule has 3 heterocycles.